The molecule has 0 saturated carbocycles. The lowest BCUT2D eigenvalue weighted by molar-refractivity contribution is 0.353. The third-order valence-corrected chi connectivity index (χ3v) is 3.27. The number of furan rings is 1. The van der Waals surface area contributed by atoms with Gasteiger partial charge in [0.05, 0.1) is 20.5 Å². The standard InChI is InChI=1S/C15H20N2O3/c1-18-14-8-5-11(10-15(14)19-2)13(17-16)7-6-12-4-3-9-20-12/h3-5,8-10,13,17H,6-7,16H2,1-2H3. The fourth-order valence-corrected chi connectivity index (χ4v) is 2.16. The van der Waals surface area contributed by atoms with Crippen molar-refractivity contribution in [3.63, 3.8) is 0 Å². The lowest BCUT2D eigenvalue weighted by atomic mass is 10.0. The van der Waals surface area contributed by atoms with Crippen molar-refractivity contribution in [2.75, 3.05) is 14.2 Å². The molecule has 0 spiro atoms. The number of rotatable bonds is 7. The number of nitrogens with one attached hydrogen (secondary N) is 1. The van der Waals surface area contributed by atoms with Crippen LogP contribution >= 0.6 is 0 Å². The molecule has 3 N–H and O–H groups in total. The van der Waals surface area contributed by atoms with Crippen LogP contribution in [0.5, 0.6) is 11.5 Å². The molecule has 20 heavy (non-hydrogen) atoms. The van der Waals surface area contributed by atoms with Crippen molar-refractivity contribution < 1.29 is 13.9 Å². The van der Waals surface area contributed by atoms with Crippen LogP contribution in [0.2, 0.25) is 0 Å². The zero-order valence-electron chi connectivity index (χ0n) is 11.8. The number of benzene rings is 1. The molecule has 5 nitrogen and oxygen atoms in total. The van der Waals surface area contributed by atoms with E-state index in [1.54, 1.807) is 20.5 Å². The Morgan fingerprint density at radius 1 is 1.20 bits per heavy atom. The summed E-state index contributed by atoms with van der Waals surface area (Å²) in [5.41, 5.74) is 3.88. The van der Waals surface area contributed by atoms with Crippen molar-refractivity contribution >= 4 is 0 Å². The Hall–Kier alpha value is -1.98. The molecule has 1 aromatic heterocycles. The molecule has 1 heterocycles. The number of aryl methyl sites for hydroxylation is 1. The van der Waals surface area contributed by atoms with E-state index in [1.165, 1.54) is 0 Å². The monoisotopic (exact) mass is 276 g/mol. The fraction of sp³-hybridized carbons (Fsp3) is 0.333. The van der Waals surface area contributed by atoms with Crippen molar-refractivity contribution in [1.82, 2.24) is 5.43 Å². The van der Waals surface area contributed by atoms with Crippen molar-refractivity contribution in [2.24, 2.45) is 5.84 Å². The molecule has 5 heteroatoms. The number of nitrogens with two attached hydrogens (primary N) is 1. The molecule has 0 fully saturated rings. The molecule has 1 unspecified atom stereocenters. The van der Waals surface area contributed by atoms with Crippen LogP contribution in [-0.4, -0.2) is 14.2 Å². The highest BCUT2D eigenvalue weighted by Gasteiger charge is 2.13. The average molecular weight is 276 g/mol. The minimum Gasteiger partial charge on any atom is -0.493 e. The van der Waals surface area contributed by atoms with Gasteiger partial charge in [0.1, 0.15) is 5.76 Å². The Kier molecular flexibility index (Phi) is 5.03. The van der Waals surface area contributed by atoms with Gasteiger partial charge in [-0.15, -0.1) is 0 Å². The van der Waals surface area contributed by atoms with Gasteiger partial charge in [0.2, 0.25) is 0 Å². The molecule has 108 valence electrons. The minimum atomic E-state index is 0.0277. The second-order valence-electron chi connectivity index (χ2n) is 4.45. The predicted octanol–water partition coefficient (Wildman–Crippen LogP) is 2.43. The summed E-state index contributed by atoms with van der Waals surface area (Å²) in [5.74, 6) is 8.01. The normalized spacial score (nSPS) is 12.2. The summed E-state index contributed by atoms with van der Waals surface area (Å²) in [6.07, 6.45) is 3.33. The Bertz CT molecular complexity index is 526. The van der Waals surface area contributed by atoms with Gasteiger partial charge < -0.3 is 13.9 Å². The average Bonchev–Trinajstić information content (AvgIpc) is 3.01. The van der Waals surface area contributed by atoms with E-state index in [0.717, 1.165) is 24.2 Å². The SMILES string of the molecule is COc1ccc(C(CCc2ccco2)NN)cc1OC. The molecule has 1 aromatic carbocycles. The van der Waals surface area contributed by atoms with E-state index in [4.69, 9.17) is 19.7 Å². The Balaban J connectivity index is 2.10. The van der Waals surface area contributed by atoms with Crippen LogP contribution in [-0.2, 0) is 6.42 Å². The highest BCUT2D eigenvalue weighted by Crippen LogP contribution is 2.31. The van der Waals surface area contributed by atoms with Crippen molar-refractivity contribution in [1.29, 1.82) is 0 Å². The van der Waals surface area contributed by atoms with E-state index in [2.05, 4.69) is 5.43 Å². The molecule has 2 aromatic rings. The summed E-state index contributed by atoms with van der Waals surface area (Å²) < 4.78 is 15.9. The number of ether oxygens (including phenoxy) is 2. The van der Waals surface area contributed by atoms with Gasteiger partial charge in [-0.2, -0.15) is 0 Å². The molecule has 0 aliphatic heterocycles. The van der Waals surface area contributed by atoms with Gasteiger partial charge in [-0.25, -0.2) is 0 Å². The number of methoxy groups -OCH3 is 2. The van der Waals surface area contributed by atoms with Crippen LogP contribution in [0.15, 0.2) is 41.0 Å². The summed E-state index contributed by atoms with van der Waals surface area (Å²) in [4.78, 5) is 0. The van der Waals surface area contributed by atoms with Crippen molar-refractivity contribution in [3.05, 3.63) is 47.9 Å². The molecule has 1 atom stereocenters. The van der Waals surface area contributed by atoms with Gasteiger partial charge in [0, 0.05) is 12.5 Å². The van der Waals surface area contributed by atoms with Gasteiger partial charge in [-0.05, 0) is 36.2 Å². The van der Waals surface area contributed by atoms with Gasteiger partial charge in [-0.3, -0.25) is 11.3 Å². The van der Waals surface area contributed by atoms with E-state index < -0.39 is 0 Å². The topological polar surface area (TPSA) is 69.7 Å². The molecular weight excluding hydrogens is 256 g/mol. The molecule has 0 amide bonds. The maximum atomic E-state index is 5.65. The van der Waals surface area contributed by atoms with Gasteiger partial charge in [-0.1, -0.05) is 6.07 Å². The first-order valence-electron chi connectivity index (χ1n) is 6.49. The van der Waals surface area contributed by atoms with E-state index in [0.29, 0.717) is 11.5 Å². The summed E-state index contributed by atoms with van der Waals surface area (Å²) >= 11 is 0. The molecule has 0 bridgehead atoms. The second-order valence-corrected chi connectivity index (χ2v) is 4.45. The first kappa shape index (κ1) is 14.4. The zero-order chi connectivity index (χ0) is 14.4. The van der Waals surface area contributed by atoms with Crippen LogP contribution in [0.3, 0.4) is 0 Å². The van der Waals surface area contributed by atoms with Crippen LogP contribution in [0.4, 0.5) is 0 Å². The smallest absolute Gasteiger partial charge is 0.161 e. The quantitative estimate of drug-likeness (QED) is 0.600. The third-order valence-electron chi connectivity index (χ3n) is 3.27. The zero-order valence-corrected chi connectivity index (χ0v) is 11.8. The summed E-state index contributed by atoms with van der Waals surface area (Å²) in [7, 11) is 3.24. The van der Waals surface area contributed by atoms with Crippen molar-refractivity contribution in [2.45, 2.75) is 18.9 Å². The van der Waals surface area contributed by atoms with Crippen LogP contribution < -0.4 is 20.7 Å². The minimum absolute atomic E-state index is 0.0277. The second kappa shape index (κ2) is 6.98. The first-order chi connectivity index (χ1) is 9.78. The molecular formula is C15H20N2O3. The van der Waals surface area contributed by atoms with E-state index in [9.17, 15) is 0 Å². The number of hydrogen-bond acceptors (Lipinski definition) is 5. The maximum absolute atomic E-state index is 5.65. The predicted molar refractivity (Wildman–Crippen MR) is 76.6 cm³/mol. The maximum Gasteiger partial charge on any atom is 0.161 e. The van der Waals surface area contributed by atoms with E-state index in [-0.39, 0.29) is 6.04 Å². The number of hydrogen-bond donors (Lipinski definition) is 2. The molecule has 0 aliphatic rings. The molecule has 0 radical (unpaired) electrons. The lowest BCUT2D eigenvalue weighted by Crippen LogP contribution is -2.28. The van der Waals surface area contributed by atoms with Crippen LogP contribution in [0.25, 0.3) is 0 Å². The Labute approximate surface area is 118 Å². The lowest BCUT2D eigenvalue weighted by Gasteiger charge is -2.17. The highest BCUT2D eigenvalue weighted by molar-refractivity contribution is 5.43. The van der Waals surface area contributed by atoms with Gasteiger partial charge in [0.15, 0.2) is 11.5 Å². The van der Waals surface area contributed by atoms with Gasteiger partial charge in [0.25, 0.3) is 0 Å². The molecule has 0 saturated heterocycles. The molecule has 2 rings (SSSR count). The Morgan fingerprint density at radius 2 is 2.00 bits per heavy atom. The van der Waals surface area contributed by atoms with E-state index >= 15 is 0 Å². The Morgan fingerprint density at radius 3 is 2.60 bits per heavy atom. The highest BCUT2D eigenvalue weighted by atomic mass is 16.5. The number of hydrazine groups is 1. The summed E-state index contributed by atoms with van der Waals surface area (Å²) in [6, 6.07) is 9.67. The van der Waals surface area contributed by atoms with E-state index in [1.807, 2.05) is 30.3 Å². The summed E-state index contributed by atoms with van der Waals surface area (Å²) in [5, 5.41) is 0. The van der Waals surface area contributed by atoms with Crippen LogP contribution in [0, 0.1) is 0 Å². The fourth-order valence-electron chi connectivity index (χ4n) is 2.16. The molecule has 0 aliphatic carbocycles. The third kappa shape index (κ3) is 3.31. The first-order valence-corrected chi connectivity index (χ1v) is 6.49. The largest absolute Gasteiger partial charge is 0.493 e. The summed E-state index contributed by atoms with van der Waals surface area (Å²) in [6.45, 7) is 0. The van der Waals surface area contributed by atoms with Crippen LogP contribution in [0.1, 0.15) is 23.8 Å². The van der Waals surface area contributed by atoms with Crippen molar-refractivity contribution in [3.8, 4) is 11.5 Å². The van der Waals surface area contributed by atoms with Gasteiger partial charge >= 0.3 is 0 Å².